The van der Waals surface area contributed by atoms with Crippen LogP contribution < -0.4 is 0 Å². The topological polar surface area (TPSA) is 72.6 Å². The lowest BCUT2D eigenvalue weighted by Crippen LogP contribution is -2.34. The second-order valence-electron chi connectivity index (χ2n) is 6.42. The van der Waals surface area contributed by atoms with Crippen LogP contribution in [0.15, 0.2) is 43.4 Å². The molecule has 1 atom stereocenters. The fourth-order valence-electron chi connectivity index (χ4n) is 3.48. The van der Waals surface area contributed by atoms with Crippen molar-refractivity contribution >= 4 is 0 Å². The molecule has 1 aliphatic rings. The summed E-state index contributed by atoms with van der Waals surface area (Å²) < 4.78 is 1.99. The van der Waals surface area contributed by atoms with Gasteiger partial charge in [-0.2, -0.15) is 0 Å². The van der Waals surface area contributed by atoms with Gasteiger partial charge in [-0.25, -0.2) is 9.97 Å². The van der Waals surface area contributed by atoms with Crippen molar-refractivity contribution < 1.29 is 0 Å². The van der Waals surface area contributed by atoms with Crippen molar-refractivity contribution in [2.75, 3.05) is 13.1 Å². The quantitative estimate of drug-likeness (QED) is 0.726. The van der Waals surface area contributed by atoms with Crippen molar-refractivity contribution in [2.24, 2.45) is 7.05 Å². The Morgan fingerprint density at radius 2 is 1.92 bits per heavy atom. The Balaban J connectivity index is 1.57. The number of nitrogens with zero attached hydrogens (tertiary/aromatic N) is 7. The second-order valence-corrected chi connectivity index (χ2v) is 6.42. The van der Waals surface area contributed by atoms with E-state index >= 15 is 0 Å². The lowest BCUT2D eigenvalue weighted by Gasteiger charge is -2.32. The molecule has 0 bridgehead atoms. The van der Waals surface area contributed by atoms with Crippen molar-refractivity contribution in [2.45, 2.75) is 25.3 Å². The molecule has 3 aromatic heterocycles. The van der Waals surface area contributed by atoms with Crippen molar-refractivity contribution in [1.82, 2.24) is 34.4 Å². The molecule has 3 aromatic rings. The number of hydrogen-bond acceptors (Lipinski definition) is 6. The van der Waals surface area contributed by atoms with Gasteiger partial charge in [0.15, 0.2) is 5.82 Å². The van der Waals surface area contributed by atoms with Gasteiger partial charge in [-0.15, -0.1) is 0 Å². The number of aryl methyl sites for hydroxylation is 1. The van der Waals surface area contributed by atoms with E-state index in [9.17, 15) is 0 Å². The van der Waals surface area contributed by atoms with E-state index in [1.54, 1.807) is 31.0 Å². The molecule has 0 spiro atoms. The van der Waals surface area contributed by atoms with Gasteiger partial charge in [0.2, 0.25) is 0 Å². The maximum atomic E-state index is 4.67. The highest BCUT2D eigenvalue weighted by Gasteiger charge is 2.26. The average Bonchev–Trinajstić information content (AvgIpc) is 3.09. The maximum absolute atomic E-state index is 4.67. The molecule has 0 radical (unpaired) electrons. The van der Waals surface area contributed by atoms with E-state index in [-0.39, 0.29) is 0 Å². The molecular weight excluding hydrogens is 314 g/mol. The van der Waals surface area contributed by atoms with Gasteiger partial charge in [-0.3, -0.25) is 19.9 Å². The predicted molar refractivity (Wildman–Crippen MR) is 93.5 cm³/mol. The first-order valence-corrected chi connectivity index (χ1v) is 8.57. The smallest absolute Gasteiger partial charge is 0.160 e. The Morgan fingerprint density at radius 1 is 1.04 bits per heavy atom. The van der Waals surface area contributed by atoms with E-state index in [1.165, 1.54) is 0 Å². The summed E-state index contributed by atoms with van der Waals surface area (Å²) >= 11 is 0. The largest absolute Gasteiger partial charge is 0.333 e. The van der Waals surface area contributed by atoms with Crippen LogP contribution in [0.3, 0.4) is 0 Å². The zero-order valence-corrected chi connectivity index (χ0v) is 14.3. The molecule has 128 valence electrons. The summed E-state index contributed by atoms with van der Waals surface area (Å²) in [5.41, 5.74) is 2.94. The van der Waals surface area contributed by atoms with Gasteiger partial charge in [-0.1, -0.05) is 0 Å². The fraction of sp³-hybridized carbons (Fsp3) is 0.389. The van der Waals surface area contributed by atoms with Gasteiger partial charge in [0, 0.05) is 69.4 Å². The highest BCUT2D eigenvalue weighted by Crippen LogP contribution is 2.31. The van der Waals surface area contributed by atoms with Crippen LogP contribution in [0.5, 0.6) is 0 Å². The third-order valence-corrected chi connectivity index (χ3v) is 4.65. The van der Waals surface area contributed by atoms with Gasteiger partial charge in [0.1, 0.15) is 5.69 Å². The Labute approximate surface area is 146 Å². The second kappa shape index (κ2) is 7.06. The third kappa shape index (κ3) is 3.41. The molecule has 0 aromatic carbocycles. The summed E-state index contributed by atoms with van der Waals surface area (Å²) in [7, 11) is 1.99. The summed E-state index contributed by atoms with van der Waals surface area (Å²) in [6.07, 6.45) is 14.8. The summed E-state index contributed by atoms with van der Waals surface area (Å²) in [6, 6.07) is 0. The van der Waals surface area contributed by atoms with Crippen molar-refractivity contribution in [3.05, 3.63) is 54.8 Å². The molecule has 7 nitrogen and oxygen atoms in total. The van der Waals surface area contributed by atoms with E-state index in [0.29, 0.717) is 5.92 Å². The fourth-order valence-corrected chi connectivity index (χ4v) is 3.48. The van der Waals surface area contributed by atoms with E-state index in [2.05, 4.69) is 29.8 Å². The van der Waals surface area contributed by atoms with Crippen molar-refractivity contribution in [3.8, 4) is 11.5 Å². The normalized spacial score (nSPS) is 18.4. The summed E-state index contributed by atoms with van der Waals surface area (Å²) in [5.74, 6) is 1.22. The minimum Gasteiger partial charge on any atom is -0.333 e. The molecule has 1 fully saturated rings. The van der Waals surface area contributed by atoms with Gasteiger partial charge >= 0.3 is 0 Å². The summed E-state index contributed by atoms with van der Waals surface area (Å²) in [5, 5.41) is 0. The number of aromatic nitrogens is 6. The van der Waals surface area contributed by atoms with Gasteiger partial charge in [0.05, 0.1) is 11.4 Å². The third-order valence-electron chi connectivity index (χ3n) is 4.65. The first-order valence-electron chi connectivity index (χ1n) is 8.57. The molecule has 0 amide bonds. The van der Waals surface area contributed by atoms with Crippen LogP contribution in [-0.4, -0.2) is 47.5 Å². The summed E-state index contributed by atoms with van der Waals surface area (Å²) in [6.45, 7) is 2.85. The van der Waals surface area contributed by atoms with Crippen LogP contribution in [0.25, 0.3) is 11.5 Å². The lowest BCUT2D eigenvalue weighted by molar-refractivity contribution is 0.196. The number of imidazole rings is 1. The molecule has 4 heterocycles. The van der Waals surface area contributed by atoms with Gasteiger partial charge in [-0.05, 0) is 19.4 Å². The van der Waals surface area contributed by atoms with Gasteiger partial charge < -0.3 is 4.57 Å². The predicted octanol–water partition coefficient (Wildman–Crippen LogP) is 2.05. The maximum Gasteiger partial charge on any atom is 0.160 e. The Morgan fingerprint density at radius 3 is 2.72 bits per heavy atom. The SMILES string of the molecule is Cn1ccnc1-c1nccnc1[C@H]1CCCN(Cc2cnccn2)C1. The first kappa shape index (κ1) is 15.8. The molecule has 0 unspecified atom stereocenters. The van der Waals surface area contributed by atoms with E-state index < -0.39 is 0 Å². The van der Waals surface area contributed by atoms with Crippen LogP contribution >= 0.6 is 0 Å². The monoisotopic (exact) mass is 335 g/mol. The minimum absolute atomic E-state index is 0.353. The first-order chi connectivity index (χ1) is 12.3. The zero-order valence-electron chi connectivity index (χ0n) is 14.3. The van der Waals surface area contributed by atoms with E-state index in [4.69, 9.17) is 0 Å². The molecule has 25 heavy (non-hydrogen) atoms. The molecular formula is C18H21N7. The van der Waals surface area contributed by atoms with E-state index in [0.717, 1.165) is 55.4 Å². The molecule has 7 heteroatoms. The van der Waals surface area contributed by atoms with Crippen LogP contribution in [0, 0.1) is 0 Å². The Hall–Kier alpha value is -2.67. The van der Waals surface area contributed by atoms with Crippen LogP contribution in [0.4, 0.5) is 0 Å². The van der Waals surface area contributed by atoms with Crippen LogP contribution in [-0.2, 0) is 13.6 Å². The molecule has 0 saturated carbocycles. The zero-order chi connectivity index (χ0) is 17.1. The molecule has 1 aliphatic heterocycles. The van der Waals surface area contributed by atoms with E-state index in [1.807, 2.05) is 24.0 Å². The van der Waals surface area contributed by atoms with Crippen molar-refractivity contribution in [3.63, 3.8) is 0 Å². The lowest BCUT2D eigenvalue weighted by atomic mass is 9.93. The highest BCUT2D eigenvalue weighted by atomic mass is 15.1. The summed E-state index contributed by atoms with van der Waals surface area (Å²) in [4.78, 5) is 24.7. The molecule has 4 rings (SSSR count). The number of likely N-dealkylation sites (tertiary alicyclic amines) is 1. The van der Waals surface area contributed by atoms with Crippen LogP contribution in [0.1, 0.15) is 30.1 Å². The Kier molecular flexibility index (Phi) is 4.47. The molecule has 0 N–H and O–H groups in total. The van der Waals surface area contributed by atoms with Crippen molar-refractivity contribution in [1.29, 1.82) is 0 Å². The molecule has 1 saturated heterocycles. The van der Waals surface area contributed by atoms with Crippen LogP contribution in [0.2, 0.25) is 0 Å². The number of hydrogen-bond donors (Lipinski definition) is 0. The van der Waals surface area contributed by atoms with Gasteiger partial charge in [0.25, 0.3) is 0 Å². The Bertz CT molecular complexity index is 830. The minimum atomic E-state index is 0.353. The number of rotatable bonds is 4. The number of piperidine rings is 1. The average molecular weight is 335 g/mol. The molecule has 0 aliphatic carbocycles. The highest BCUT2D eigenvalue weighted by molar-refractivity contribution is 5.54. The standard InChI is InChI=1S/C18H21N7/c1-24-10-8-23-18(24)17-16(21-6-7-22-17)14-3-2-9-25(12-14)13-15-11-19-4-5-20-15/h4-8,10-11,14H,2-3,9,12-13H2,1H3/t14-/m0/s1.